The van der Waals surface area contributed by atoms with Crippen molar-refractivity contribution in [1.29, 1.82) is 0 Å². The average Bonchev–Trinajstić information content (AvgIpc) is 1.54. The Hall–Kier alpha value is -1.10. The maximum atomic E-state index is 9.00. The van der Waals surface area contributed by atoms with E-state index < -0.39 is 13.4 Å². The molecule has 0 aromatic heterocycles. The lowest BCUT2D eigenvalue weighted by atomic mass is 10.3. The van der Waals surface area contributed by atoms with Gasteiger partial charge in [0.15, 0.2) is 5.11 Å². The van der Waals surface area contributed by atoms with Gasteiger partial charge in [-0.2, -0.15) is 0 Å². The van der Waals surface area contributed by atoms with Gasteiger partial charge in [-0.3, -0.25) is 0 Å². The molecule has 0 bridgehead atoms. The summed E-state index contributed by atoms with van der Waals surface area (Å²) in [6.07, 6.45) is 0. The summed E-state index contributed by atoms with van der Waals surface area (Å²) in [5, 5.41) is 21.5. The van der Waals surface area contributed by atoms with Crippen molar-refractivity contribution >= 4 is 30.7 Å². The van der Waals surface area contributed by atoms with Crippen molar-refractivity contribution in [3.8, 4) is 0 Å². The number of nitrogens with two attached hydrogens (primary N) is 4. The summed E-state index contributed by atoms with van der Waals surface area (Å²) in [4.78, 5) is 9.00. The molecule has 8 nitrogen and oxygen atoms in total. The highest BCUT2D eigenvalue weighted by atomic mass is 32.1. The van der Waals surface area contributed by atoms with Gasteiger partial charge in [0, 0.05) is 0 Å². The molecule has 0 aliphatic carbocycles. The fraction of sp³-hybridized carbons (Fsp3) is 0. The molecule has 0 aliphatic rings. The summed E-state index contributed by atoms with van der Waals surface area (Å²) in [6.45, 7) is 0. The second-order valence-electron chi connectivity index (χ2n) is 1.15. The topological polar surface area (TPSA) is 182 Å². The van der Waals surface area contributed by atoms with Gasteiger partial charge in [0.1, 0.15) is 0 Å². The highest BCUT2D eigenvalue weighted by molar-refractivity contribution is 7.80. The maximum absolute atomic E-state index is 9.00. The van der Waals surface area contributed by atoms with E-state index in [1.54, 1.807) is 0 Å². The number of hydrogen-bond donors (Lipinski definition) is 7. The van der Waals surface area contributed by atoms with E-state index in [0.29, 0.717) is 0 Å². The molecule has 0 rings (SSSR count). The quantitative estimate of drug-likeness (QED) is 0.153. The average molecular weight is 198 g/mol. The predicted molar refractivity (Wildman–Crippen MR) is 47.2 cm³/mol. The minimum absolute atomic E-state index is 0.000000000000000222. The number of urea groups is 1. The molecule has 0 aromatic carbocycles. The van der Waals surface area contributed by atoms with Crippen molar-refractivity contribution in [2.45, 2.75) is 0 Å². The van der Waals surface area contributed by atoms with Crippen LogP contribution in [0.3, 0.4) is 0 Å². The molecule has 0 saturated carbocycles. The lowest BCUT2D eigenvalue weighted by molar-refractivity contribution is 0.256. The third kappa shape index (κ3) is 464. The summed E-state index contributed by atoms with van der Waals surface area (Å²) in [6, 6.07) is -0.833. The number of thiocarbonyl (C=S) groups is 1. The van der Waals surface area contributed by atoms with Crippen LogP contribution in [0.1, 0.15) is 0 Å². The number of carbonyl (C=O) groups excluding carboxylic acids is 1. The van der Waals surface area contributed by atoms with E-state index >= 15 is 0 Å². The molecule has 11 N–H and O–H groups in total. The van der Waals surface area contributed by atoms with Gasteiger partial charge in [0.2, 0.25) is 0 Å². The molecular formula is C2H11BN4O4S. The lowest BCUT2D eigenvalue weighted by Gasteiger charge is -1.69. The lowest BCUT2D eigenvalue weighted by Crippen LogP contribution is -2.18. The largest absolute Gasteiger partial charge is 0.631 e. The molecule has 0 atom stereocenters. The summed E-state index contributed by atoms with van der Waals surface area (Å²) in [7, 11) is -2.17. The molecule has 0 aliphatic heterocycles. The number of hydrogen-bond acceptors (Lipinski definition) is 5. The van der Waals surface area contributed by atoms with Crippen molar-refractivity contribution in [2.24, 2.45) is 22.9 Å². The number of carbonyl (C=O) groups is 1. The zero-order valence-corrected chi connectivity index (χ0v) is 6.86. The van der Waals surface area contributed by atoms with Crippen molar-refractivity contribution < 1.29 is 19.9 Å². The van der Waals surface area contributed by atoms with Crippen LogP contribution in [-0.4, -0.2) is 33.5 Å². The third-order valence-electron chi connectivity index (χ3n) is 0. The standard InChI is InChI=1S/CH4N2O.CH4N2S.BH3O3/c3*2-1(3)4/h2*(H4,2,3,4);2-4H. The summed E-state index contributed by atoms with van der Waals surface area (Å²) >= 11 is 4.09. The van der Waals surface area contributed by atoms with Crippen LogP contribution in [0.2, 0.25) is 0 Å². The number of primary amides is 2. The van der Waals surface area contributed by atoms with Gasteiger partial charge in [-0.1, -0.05) is 0 Å². The van der Waals surface area contributed by atoms with E-state index in [1.807, 2.05) is 0 Å². The van der Waals surface area contributed by atoms with E-state index in [0.717, 1.165) is 0 Å². The van der Waals surface area contributed by atoms with Gasteiger partial charge in [0.25, 0.3) is 0 Å². The molecule has 0 spiro atoms. The summed E-state index contributed by atoms with van der Waals surface area (Å²) < 4.78 is 0. The van der Waals surface area contributed by atoms with Crippen LogP contribution in [0.4, 0.5) is 4.79 Å². The van der Waals surface area contributed by atoms with Crippen LogP contribution in [0.25, 0.3) is 0 Å². The molecule has 0 aromatic rings. The molecule has 0 fully saturated rings. The van der Waals surface area contributed by atoms with E-state index in [-0.39, 0.29) is 5.11 Å². The van der Waals surface area contributed by atoms with Gasteiger partial charge in [0.05, 0.1) is 0 Å². The highest BCUT2D eigenvalue weighted by Gasteiger charge is 1.92. The van der Waals surface area contributed by atoms with Crippen LogP contribution in [0.5, 0.6) is 0 Å². The molecule has 10 heteroatoms. The first-order valence-corrected chi connectivity index (χ1v) is 2.75. The minimum atomic E-state index is -2.17. The van der Waals surface area contributed by atoms with E-state index in [4.69, 9.17) is 19.9 Å². The number of amides is 2. The normalized spacial score (nSPS) is 6.25. The van der Waals surface area contributed by atoms with Crippen molar-refractivity contribution in [2.75, 3.05) is 0 Å². The Bertz CT molecular complexity index is 109. The van der Waals surface area contributed by atoms with Crippen molar-refractivity contribution in [3.05, 3.63) is 0 Å². The Morgan fingerprint density at radius 3 is 1.08 bits per heavy atom. The monoisotopic (exact) mass is 198 g/mol. The molecule has 0 saturated heterocycles. The Morgan fingerprint density at radius 1 is 1.08 bits per heavy atom. The molecule has 12 heavy (non-hydrogen) atoms. The van der Waals surface area contributed by atoms with Crippen molar-refractivity contribution in [3.63, 3.8) is 0 Å². The minimum Gasteiger partial charge on any atom is -0.402 e. The second kappa shape index (κ2) is 12.6. The highest BCUT2D eigenvalue weighted by Crippen LogP contribution is 1.40. The Balaban J connectivity index is -0.000000101. The van der Waals surface area contributed by atoms with Crippen LogP contribution in [0, 0.1) is 0 Å². The van der Waals surface area contributed by atoms with Crippen molar-refractivity contribution in [1.82, 2.24) is 0 Å². The summed E-state index contributed by atoms with van der Waals surface area (Å²) in [5.41, 5.74) is 17.7. The molecule has 0 heterocycles. The first-order valence-electron chi connectivity index (χ1n) is 2.34. The maximum Gasteiger partial charge on any atom is 0.631 e. The Kier molecular flexibility index (Phi) is 17.9. The van der Waals surface area contributed by atoms with Crippen LogP contribution < -0.4 is 22.9 Å². The summed E-state index contributed by atoms with van der Waals surface area (Å²) in [5.74, 6) is 0. The smallest absolute Gasteiger partial charge is 0.402 e. The SMILES string of the molecule is NC(N)=O.NC(N)=S.OB(O)O. The zero-order valence-electron chi connectivity index (χ0n) is 6.04. The van der Waals surface area contributed by atoms with Gasteiger partial charge in [-0.05, 0) is 12.2 Å². The first-order chi connectivity index (χ1) is 5.20. The molecule has 0 unspecified atom stereocenters. The fourth-order valence-corrected chi connectivity index (χ4v) is 0. The Morgan fingerprint density at radius 2 is 1.08 bits per heavy atom. The fourth-order valence-electron chi connectivity index (χ4n) is 0. The van der Waals surface area contributed by atoms with E-state index in [9.17, 15) is 0 Å². The molecular weight excluding hydrogens is 187 g/mol. The first kappa shape index (κ1) is 17.1. The predicted octanol–water partition coefficient (Wildman–Crippen LogP) is -3.84. The molecule has 72 valence electrons. The van der Waals surface area contributed by atoms with Gasteiger partial charge in [-0.25, -0.2) is 4.79 Å². The van der Waals surface area contributed by atoms with Gasteiger partial charge >= 0.3 is 13.4 Å². The van der Waals surface area contributed by atoms with Gasteiger partial charge in [-0.15, -0.1) is 0 Å². The van der Waals surface area contributed by atoms with Crippen LogP contribution >= 0.6 is 12.2 Å². The molecule has 2 amide bonds. The second-order valence-corrected chi connectivity index (χ2v) is 1.62. The Labute approximate surface area is 74.3 Å². The van der Waals surface area contributed by atoms with Crippen LogP contribution in [0.15, 0.2) is 0 Å². The van der Waals surface area contributed by atoms with Crippen LogP contribution in [-0.2, 0) is 0 Å². The van der Waals surface area contributed by atoms with E-state index in [1.165, 1.54) is 0 Å². The van der Waals surface area contributed by atoms with E-state index in [2.05, 4.69) is 35.2 Å². The molecule has 0 radical (unpaired) electrons. The van der Waals surface area contributed by atoms with Gasteiger partial charge < -0.3 is 38.0 Å². The number of rotatable bonds is 0. The third-order valence-corrected chi connectivity index (χ3v) is 0. The zero-order chi connectivity index (χ0) is 10.7.